The number of imide groups is 1. The van der Waals surface area contributed by atoms with Gasteiger partial charge in [-0.15, -0.1) is 0 Å². The van der Waals surface area contributed by atoms with Gasteiger partial charge in [0.15, 0.2) is 6.10 Å². The monoisotopic (exact) mass is 272 g/mol. The predicted octanol–water partition coefficient (Wildman–Crippen LogP) is -2.02. The maximum Gasteiger partial charge on any atom is 0.266 e. The Balaban J connectivity index is 2.79. The van der Waals surface area contributed by atoms with Crippen LogP contribution in [-0.2, 0) is 14.4 Å². The molecule has 98 valence electrons. The zero-order valence-corrected chi connectivity index (χ0v) is 10.5. The molecule has 1 rings (SSSR count). The average molecular weight is 272 g/mol. The molecule has 1 aliphatic heterocycles. The highest BCUT2D eigenvalue weighted by molar-refractivity contribution is 8.02. The molecule has 18 heavy (non-hydrogen) atoms. The molecule has 0 saturated heterocycles. The Bertz CT molecular complexity index is 459. The summed E-state index contributed by atoms with van der Waals surface area (Å²) in [6, 6.07) is 0. The molecule has 9 heteroatoms. The summed E-state index contributed by atoms with van der Waals surface area (Å²) in [4.78, 5) is 37.0. The summed E-state index contributed by atoms with van der Waals surface area (Å²) in [6.45, 7) is 0. The Labute approximate surface area is 107 Å². The van der Waals surface area contributed by atoms with Gasteiger partial charge in [0.1, 0.15) is 5.84 Å². The van der Waals surface area contributed by atoms with Gasteiger partial charge in [0.25, 0.3) is 17.7 Å². The third-order valence-electron chi connectivity index (χ3n) is 2.02. The maximum absolute atomic E-state index is 11.3. The van der Waals surface area contributed by atoms with E-state index in [1.807, 2.05) is 0 Å². The second-order valence-electron chi connectivity index (χ2n) is 3.30. The van der Waals surface area contributed by atoms with Crippen LogP contribution in [0.5, 0.6) is 0 Å². The molecule has 0 bridgehead atoms. The molecule has 0 aliphatic carbocycles. The summed E-state index contributed by atoms with van der Waals surface area (Å²) in [6.07, 6.45) is -0.457. The van der Waals surface area contributed by atoms with Crippen LogP contribution in [0.1, 0.15) is 0 Å². The molecule has 1 unspecified atom stereocenters. The quantitative estimate of drug-likeness (QED) is 0.235. The number of amides is 3. The molecule has 0 aromatic heterocycles. The fourth-order valence-corrected chi connectivity index (χ4v) is 2.08. The maximum atomic E-state index is 11.3. The number of hydrogen-bond donors (Lipinski definition) is 3. The second kappa shape index (κ2) is 5.65. The Morgan fingerprint density at radius 3 is 2.61 bits per heavy atom. The summed E-state index contributed by atoms with van der Waals surface area (Å²) >= 11 is 0.860. The van der Waals surface area contributed by atoms with E-state index < -0.39 is 23.8 Å². The zero-order valence-electron chi connectivity index (χ0n) is 9.71. The lowest BCUT2D eigenvalue weighted by Crippen LogP contribution is -2.42. The third-order valence-corrected chi connectivity index (χ3v) is 2.98. The number of nitrogens with zero attached hydrogens (tertiary/aromatic N) is 2. The Morgan fingerprint density at radius 2 is 2.22 bits per heavy atom. The minimum Gasteiger partial charge on any atom is -0.376 e. The lowest BCUT2D eigenvalue weighted by Gasteiger charge is -2.21. The molecule has 4 N–H and O–H groups in total. The van der Waals surface area contributed by atoms with Crippen molar-refractivity contribution in [2.45, 2.75) is 6.10 Å². The van der Waals surface area contributed by atoms with Crippen LogP contribution in [0.3, 0.4) is 0 Å². The first-order valence-electron chi connectivity index (χ1n) is 4.79. The van der Waals surface area contributed by atoms with Crippen LogP contribution in [-0.4, -0.2) is 53.2 Å². The van der Waals surface area contributed by atoms with E-state index >= 15 is 0 Å². The van der Waals surface area contributed by atoms with E-state index in [9.17, 15) is 19.5 Å². The lowest BCUT2D eigenvalue weighted by molar-refractivity contribution is -0.124. The number of carbonyl (C=O) groups excluding carboxylic acids is 3. The number of primary amides is 1. The highest BCUT2D eigenvalue weighted by atomic mass is 32.2. The number of nitrogens with two attached hydrogens (primary N) is 1. The largest absolute Gasteiger partial charge is 0.376 e. The van der Waals surface area contributed by atoms with Crippen molar-refractivity contribution in [3.63, 3.8) is 0 Å². The summed E-state index contributed by atoms with van der Waals surface area (Å²) in [5, 5.41) is 11.6. The number of aliphatic hydroxyl groups excluding tert-OH is 1. The number of likely N-dealkylation sites (N-methyl/N-ethyl adjacent to an activating group) is 1. The number of nitrogens with one attached hydrogen (secondary N) is 1. The third kappa shape index (κ3) is 3.08. The number of aliphatic hydroxyl groups is 1. The van der Waals surface area contributed by atoms with Crippen molar-refractivity contribution in [3.05, 3.63) is 11.0 Å². The van der Waals surface area contributed by atoms with E-state index in [0.717, 1.165) is 18.0 Å². The number of rotatable bonds is 4. The molecular weight excluding hydrogens is 260 g/mol. The lowest BCUT2D eigenvalue weighted by atomic mass is 10.3. The molecule has 1 aliphatic rings. The van der Waals surface area contributed by atoms with Crippen LogP contribution in [0.2, 0.25) is 0 Å². The number of aliphatic imine (C=N–C) groups is 1. The fourth-order valence-electron chi connectivity index (χ4n) is 1.22. The van der Waals surface area contributed by atoms with Gasteiger partial charge in [-0.05, 0) is 11.9 Å². The van der Waals surface area contributed by atoms with E-state index in [0.29, 0.717) is 0 Å². The predicted molar refractivity (Wildman–Crippen MR) is 65.1 cm³/mol. The molecule has 0 aromatic rings. The summed E-state index contributed by atoms with van der Waals surface area (Å²) < 4.78 is 1.29. The van der Waals surface area contributed by atoms with Crippen molar-refractivity contribution < 1.29 is 19.5 Å². The first-order valence-corrected chi connectivity index (χ1v) is 5.57. The minimum atomic E-state index is -1.58. The number of hydrogen-bond acceptors (Lipinski definition) is 6. The molecule has 0 spiro atoms. The van der Waals surface area contributed by atoms with Gasteiger partial charge in [0.2, 0.25) is 0 Å². The van der Waals surface area contributed by atoms with Gasteiger partial charge in [-0.3, -0.25) is 24.7 Å². The van der Waals surface area contributed by atoms with Gasteiger partial charge < -0.3 is 15.1 Å². The molecule has 0 fully saturated rings. The first kappa shape index (κ1) is 14.2. The molecule has 3 amide bonds. The van der Waals surface area contributed by atoms with Crippen LogP contribution in [0.15, 0.2) is 16.0 Å². The van der Waals surface area contributed by atoms with Gasteiger partial charge in [-0.25, -0.2) is 0 Å². The van der Waals surface area contributed by atoms with Gasteiger partial charge in [-0.1, -0.05) is 0 Å². The van der Waals surface area contributed by atoms with Gasteiger partial charge in [0.05, 0.1) is 4.91 Å². The topological polar surface area (TPSA) is 125 Å². The molecule has 8 nitrogen and oxygen atoms in total. The van der Waals surface area contributed by atoms with Gasteiger partial charge in [-0.2, -0.15) is 0 Å². The highest BCUT2D eigenvalue weighted by Crippen LogP contribution is 2.23. The summed E-state index contributed by atoms with van der Waals surface area (Å²) in [5.41, 5.74) is 4.95. The van der Waals surface area contributed by atoms with Crippen LogP contribution in [0, 0.1) is 0 Å². The second-order valence-corrected chi connectivity index (χ2v) is 4.47. The highest BCUT2D eigenvalue weighted by Gasteiger charge is 2.27. The zero-order chi connectivity index (χ0) is 13.9. The Morgan fingerprint density at radius 1 is 1.61 bits per heavy atom. The van der Waals surface area contributed by atoms with Crippen molar-refractivity contribution in [2.24, 2.45) is 10.7 Å². The van der Waals surface area contributed by atoms with Gasteiger partial charge in [0, 0.05) is 20.2 Å². The van der Waals surface area contributed by atoms with Crippen molar-refractivity contribution >= 4 is 35.5 Å². The fraction of sp³-hybridized carbons (Fsp3) is 0.333. The van der Waals surface area contributed by atoms with Crippen molar-refractivity contribution in [1.29, 1.82) is 0 Å². The molecule has 1 atom stereocenters. The molecule has 0 saturated carbocycles. The van der Waals surface area contributed by atoms with E-state index in [1.54, 1.807) is 0 Å². The SMILES string of the molecule is CN=C(C(O)C(N)=O)N(C)SC1=CC(=O)NC1=O. The van der Waals surface area contributed by atoms with Crippen molar-refractivity contribution in [3.8, 4) is 0 Å². The van der Waals surface area contributed by atoms with E-state index in [1.165, 1.54) is 18.4 Å². The average Bonchev–Trinajstić information content (AvgIpc) is 2.58. The van der Waals surface area contributed by atoms with Crippen molar-refractivity contribution in [2.75, 3.05) is 14.1 Å². The molecule has 0 aromatic carbocycles. The Hall–Kier alpha value is -1.87. The van der Waals surface area contributed by atoms with Crippen LogP contribution >= 0.6 is 11.9 Å². The van der Waals surface area contributed by atoms with Crippen LogP contribution in [0.25, 0.3) is 0 Å². The normalized spacial score (nSPS) is 17.3. The van der Waals surface area contributed by atoms with Crippen LogP contribution in [0.4, 0.5) is 0 Å². The first-order chi connectivity index (χ1) is 8.36. The molecule has 0 radical (unpaired) electrons. The number of carbonyl (C=O) groups is 3. The van der Waals surface area contributed by atoms with Crippen molar-refractivity contribution in [1.82, 2.24) is 9.62 Å². The standard InChI is InChI=1S/C9H12N4O4S/c1-11-8(6(15)7(10)16)13(2)18-4-3-5(14)12-9(4)17/h3,6,15H,1-2H3,(H2,10,16)(H,12,14,17). The smallest absolute Gasteiger partial charge is 0.266 e. The molecule has 1 heterocycles. The van der Waals surface area contributed by atoms with Gasteiger partial charge >= 0.3 is 0 Å². The summed E-state index contributed by atoms with van der Waals surface area (Å²) in [5.74, 6) is -2.02. The van der Waals surface area contributed by atoms with E-state index in [-0.39, 0.29) is 10.7 Å². The number of amidine groups is 1. The molecular formula is C9H12N4O4S. The van der Waals surface area contributed by atoms with E-state index in [2.05, 4.69) is 10.3 Å². The Kier molecular flexibility index (Phi) is 4.45. The van der Waals surface area contributed by atoms with E-state index in [4.69, 9.17) is 5.73 Å². The van der Waals surface area contributed by atoms with Crippen LogP contribution < -0.4 is 11.1 Å². The minimum absolute atomic E-state index is 0.0134. The summed E-state index contributed by atoms with van der Waals surface area (Å²) in [7, 11) is 2.85.